The van der Waals surface area contributed by atoms with Gasteiger partial charge in [0.25, 0.3) is 0 Å². The largest absolute Gasteiger partial charge is 0.359 e. The molecule has 0 spiro atoms. The number of rotatable bonds is 4. The predicted molar refractivity (Wildman–Crippen MR) is 79.0 cm³/mol. The third kappa shape index (κ3) is 2.76. The van der Waals surface area contributed by atoms with Crippen LogP contribution in [0.1, 0.15) is 19.1 Å². The van der Waals surface area contributed by atoms with Crippen LogP contribution in [0.5, 0.6) is 0 Å². The van der Waals surface area contributed by atoms with Gasteiger partial charge in [0.1, 0.15) is 5.69 Å². The fraction of sp³-hybridized carbons (Fsp3) is 0.438. The Labute approximate surface area is 119 Å². The number of hydrogen-bond donors (Lipinski definition) is 1. The monoisotopic (exact) mass is 271 g/mol. The molecule has 4 heteroatoms. The van der Waals surface area contributed by atoms with Crippen LogP contribution >= 0.6 is 0 Å². The Balaban J connectivity index is 1.69. The zero-order chi connectivity index (χ0) is 13.9. The second kappa shape index (κ2) is 5.77. The third-order valence-corrected chi connectivity index (χ3v) is 4.11. The molecule has 106 valence electrons. The van der Waals surface area contributed by atoms with E-state index in [1.54, 1.807) is 0 Å². The van der Waals surface area contributed by atoms with Gasteiger partial charge in [0.2, 0.25) is 0 Å². The summed E-state index contributed by atoms with van der Waals surface area (Å²) in [5.74, 6) is 1.54. The molecule has 2 heterocycles. The number of aromatic nitrogens is 1. The summed E-state index contributed by atoms with van der Waals surface area (Å²) in [4.78, 5) is 2.42. The van der Waals surface area contributed by atoms with E-state index in [0.717, 1.165) is 36.7 Å². The van der Waals surface area contributed by atoms with Crippen molar-refractivity contribution in [2.45, 2.75) is 25.9 Å². The molecule has 3 rings (SSSR count). The van der Waals surface area contributed by atoms with Crippen molar-refractivity contribution in [3.63, 3.8) is 0 Å². The van der Waals surface area contributed by atoms with Crippen molar-refractivity contribution >= 4 is 0 Å². The fourth-order valence-corrected chi connectivity index (χ4v) is 2.94. The van der Waals surface area contributed by atoms with Crippen molar-refractivity contribution in [3.05, 3.63) is 42.2 Å². The summed E-state index contributed by atoms with van der Waals surface area (Å²) < 4.78 is 5.48. The maximum atomic E-state index is 5.77. The molecular weight excluding hydrogens is 250 g/mol. The molecule has 1 aliphatic rings. The minimum Gasteiger partial charge on any atom is -0.359 e. The molecule has 1 fully saturated rings. The van der Waals surface area contributed by atoms with E-state index >= 15 is 0 Å². The summed E-state index contributed by atoms with van der Waals surface area (Å²) in [5, 5.41) is 4.17. The maximum absolute atomic E-state index is 5.77. The molecule has 4 nitrogen and oxygen atoms in total. The van der Waals surface area contributed by atoms with E-state index in [2.05, 4.69) is 17.0 Å². The van der Waals surface area contributed by atoms with Crippen molar-refractivity contribution < 1.29 is 4.52 Å². The maximum Gasteiger partial charge on any atom is 0.151 e. The van der Waals surface area contributed by atoms with Crippen LogP contribution in [0.2, 0.25) is 0 Å². The van der Waals surface area contributed by atoms with Crippen LogP contribution in [-0.4, -0.2) is 29.2 Å². The molecule has 20 heavy (non-hydrogen) atoms. The number of nitrogens with two attached hydrogens (primary N) is 1. The lowest BCUT2D eigenvalue weighted by atomic mass is 10.1. The summed E-state index contributed by atoms with van der Waals surface area (Å²) in [6.45, 7) is 4.90. The van der Waals surface area contributed by atoms with Crippen molar-refractivity contribution in [1.29, 1.82) is 0 Å². The van der Waals surface area contributed by atoms with Gasteiger partial charge >= 0.3 is 0 Å². The molecule has 1 saturated heterocycles. The van der Waals surface area contributed by atoms with Gasteiger partial charge in [-0.25, -0.2) is 0 Å². The molecular formula is C16H21N3O. The average Bonchev–Trinajstić information content (AvgIpc) is 3.08. The van der Waals surface area contributed by atoms with Gasteiger partial charge in [0.05, 0.1) is 6.54 Å². The van der Waals surface area contributed by atoms with Gasteiger partial charge < -0.3 is 10.3 Å². The van der Waals surface area contributed by atoms with Crippen LogP contribution in [0.4, 0.5) is 0 Å². The summed E-state index contributed by atoms with van der Waals surface area (Å²) in [5.41, 5.74) is 7.77. The number of hydrogen-bond acceptors (Lipinski definition) is 4. The molecule has 2 aromatic rings. The smallest absolute Gasteiger partial charge is 0.151 e. The molecule has 1 aromatic carbocycles. The van der Waals surface area contributed by atoms with E-state index in [0.29, 0.717) is 12.0 Å². The van der Waals surface area contributed by atoms with E-state index in [4.69, 9.17) is 10.3 Å². The van der Waals surface area contributed by atoms with E-state index in [-0.39, 0.29) is 0 Å². The molecule has 2 N–H and O–H groups in total. The van der Waals surface area contributed by atoms with Gasteiger partial charge in [0, 0.05) is 24.2 Å². The van der Waals surface area contributed by atoms with Crippen LogP contribution < -0.4 is 5.73 Å². The quantitative estimate of drug-likeness (QED) is 0.928. The summed E-state index contributed by atoms with van der Waals surface area (Å²) in [7, 11) is 0. The second-order valence-electron chi connectivity index (χ2n) is 5.66. The lowest BCUT2D eigenvalue weighted by Crippen LogP contribution is -2.27. The standard InChI is InChI=1S/C16H21N3O/c1-12-7-13(9-17)10-19(12)11-15-8-16(18-20-15)14-5-3-2-4-6-14/h2-6,8,12-13H,7,9-11,17H2,1H3. The highest BCUT2D eigenvalue weighted by atomic mass is 16.5. The highest BCUT2D eigenvalue weighted by molar-refractivity contribution is 5.58. The van der Waals surface area contributed by atoms with Gasteiger partial charge in [0.15, 0.2) is 5.76 Å². The van der Waals surface area contributed by atoms with E-state index in [9.17, 15) is 0 Å². The lowest BCUT2D eigenvalue weighted by Gasteiger charge is -2.18. The van der Waals surface area contributed by atoms with E-state index < -0.39 is 0 Å². The van der Waals surface area contributed by atoms with Gasteiger partial charge in [-0.3, -0.25) is 4.90 Å². The second-order valence-corrected chi connectivity index (χ2v) is 5.66. The summed E-state index contributed by atoms with van der Waals surface area (Å²) >= 11 is 0. The Morgan fingerprint density at radius 2 is 2.15 bits per heavy atom. The minimum atomic E-state index is 0.564. The van der Waals surface area contributed by atoms with E-state index in [1.807, 2.05) is 36.4 Å². The highest BCUT2D eigenvalue weighted by Crippen LogP contribution is 2.25. The molecule has 1 aliphatic heterocycles. The zero-order valence-corrected chi connectivity index (χ0v) is 11.8. The van der Waals surface area contributed by atoms with Gasteiger partial charge in [-0.15, -0.1) is 0 Å². The molecule has 0 radical (unpaired) electrons. The average molecular weight is 271 g/mol. The summed E-state index contributed by atoms with van der Waals surface area (Å²) in [6, 6.07) is 12.7. The number of nitrogens with zero attached hydrogens (tertiary/aromatic N) is 2. The Hall–Kier alpha value is -1.65. The van der Waals surface area contributed by atoms with Crippen LogP contribution in [0.25, 0.3) is 11.3 Å². The molecule has 2 unspecified atom stereocenters. The topological polar surface area (TPSA) is 55.3 Å². The third-order valence-electron chi connectivity index (χ3n) is 4.11. The van der Waals surface area contributed by atoms with Crippen molar-refractivity contribution in [3.8, 4) is 11.3 Å². The van der Waals surface area contributed by atoms with Crippen LogP contribution in [0, 0.1) is 5.92 Å². The summed E-state index contributed by atoms with van der Waals surface area (Å²) in [6.07, 6.45) is 1.18. The predicted octanol–water partition coefficient (Wildman–Crippen LogP) is 2.51. The number of benzene rings is 1. The van der Waals surface area contributed by atoms with Crippen LogP contribution in [0.15, 0.2) is 40.9 Å². The van der Waals surface area contributed by atoms with Crippen molar-refractivity contribution in [1.82, 2.24) is 10.1 Å². The normalized spacial score (nSPS) is 23.3. The highest BCUT2D eigenvalue weighted by Gasteiger charge is 2.28. The minimum absolute atomic E-state index is 0.564. The van der Waals surface area contributed by atoms with Crippen LogP contribution in [-0.2, 0) is 6.54 Å². The first kappa shape index (κ1) is 13.3. The Bertz CT molecular complexity index is 552. The first-order valence-corrected chi connectivity index (χ1v) is 7.21. The van der Waals surface area contributed by atoms with Gasteiger partial charge in [-0.1, -0.05) is 35.5 Å². The first-order chi connectivity index (χ1) is 9.76. The fourth-order valence-electron chi connectivity index (χ4n) is 2.94. The zero-order valence-electron chi connectivity index (χ0n) is 11.8. The SMILES string of the molecule is CC1CC(CN)CN1Cc1cc(-c2ccccc2)no1. The molecule has 0 aliphatic carbocycles. The lowest BCUT2D eigenvalue weighted by molar-refractivity contribution is 0.223. The van der Waals surface area contributed by atoms with Gasteiger partial charge in [-0.2, -0.15) is 0 Å². The Morgan fingerprint density at radius 1 is 1.35 bits per heavy atom. The van der Waals surface area contributed by atoms with E-state index in [1.165, 1.54) is 6.42 Å². The Kier molecular flexibility index (Phi) is 3.85. The van der Waals surface area contributed by atoms with Crippen LogP contribution in [0.3, 0.4) is 0 Å². The number of likely N-dealkylation sites (tertiary alicyclic amines) is 1. The molecule has 2 atom stereocenters. The van der Waals surface area contributed by atoms with Gasteiger partial charge in [-0.05, 0) is 25.8 Å². The first-order valence-electron chi connectivity index (χ1n) is 7.21. The van der Waals surface area contributed by atoms with Crippen molar-refractivity contribution in [2.24, 2.45) is 11.7 Å². The molecule has 0 bridgehead atoms. The molecule has 0 amide bonds. The molecule has 0 saturated carbocycles. The molecule has 1 aromatic heterocycles. The Morgan fingerprint density at radius 3 is 2.85 bits per heavy atom. The van der Waals surface area contributed by atoms with Crippen molar-refractivity contribution in [2.75, 3.05) is 13.1 Å².